The largest absolute Gasteiger partial charge is 0.462 e. The molecule has 0 radical (unpaired) electrons. The fraction of sp³-hybridized carbons (Fsp3) is 0.644. The maximum atomic E-state index is 12.7. The number of hydrogen-bond donors (Lipinski definition) is 0. The van der Waals surface area contributed by atoms with Crippen LogP contribution in [0.2, 0.25) is 0 Å². The van der Waals surface area contributed by atoms with Crippen LogP contribution >= 0.6 is 0 Å². The number of hydrogen-bond acceptors (Lipinski definition) is 6. The van der Waals surface area contributed by atoms with Crippen molar-refractivity contribution in [2.45, 2.75) is 232 Å². The quantitative estimate of drug-likeness (QED) is 0.0262. The van der Waals surface area contributed by atoms with Gasteiger partial charge in [-0.1, -0.05) is 214 Å². The van der Waals surface area contributed by atoms with E-state index in [0.717, 1.165) is 128 Å². The van der Waals surface area contributed by atoms with Crippen molar-refractivity contribution < 1.29 is 28.6 Å². The number of rotatable bonds is 46. The van der Waals surface area contributed by atoms with Crippen LogP contribution in [0.25, 0.3) is 0 Å². The van der Waals surface area contributed by atoms with Gasteiger partial charge < -0.3 is 14.2 Å². The third kappa shape index (κ3) is 50.9. The summed E-state index contributed by atoms with van der Waals surface area (Å²) in [5.41, 5.74) is 0. The molecule has 0 aromatic rings. The zero-order chi connectivity index (χ0) is 47.2. The van der Waals surface area contributed by atoms with E-state index in [2.05, 4.69) is 130 Å². The van der Waals surface area contributed by atoms with Gasteiger partial charge in [-0.25, -0.2) is 0 Å². The molecule has 0 N–H and O–H groups in total. The molecular weight excluding hydrogens is 805 g/mol. The summed E-state index contributed by atoms with van der Waals surface area (Å²) in [5, 5.41) is 0. The summed E-state index contributed by atoms with van der Waals surface area (Å²) in [5.74, 6) is -0.960. The smallest absolute Gasteiger partial charge is 0.306 e. The highest BCUT2D eigenvalue weighted by Crippen LogP contribution is 2.13. The number of allylic oxidation sites excluding steroid dienone is 18. The van der Waals surface area contributed by atoms with Gasteiger partial charge in [0.05, 0.1) is 0 Å². The van der Waals surface area contributed by atoms with Crippen molar-refractivity contribution in [1.82, 2.24) is 0 Å². The van der Waals surface area contributed by atoms with Crippen LogP contribution in [0.4, 0.5) is 0 Å². The Morgan fingerprint density at radius 2 is 0.631 bits per heavy atom. The Labute approximate surface area is 400 Å². The van der Waals surface area contributed by atoms with Gasteiger partial charge in [-0.15, -0.1) is 0 Å². The topological polar surface area (TPSA) is 78.9 Å². The second-order valence-corrected chi connectivity index (χ2v) is 17.1. The van der Waals surface area contributed by atoms with E-state index in [0.29, 0.717) is 19.3 Å². The summed E-state index contributed by atoms with van der Waals surface area (Å²) in [6.45, 7) is 6.39. The van der Waals surface area contributed by atoms with Crippen molar-refractivity contribution in [3.63, 3.8) is 0 Å². The molecule has 0 aliphatic heterocycles. The highest BCUT2D eigenvalue weighted by molar-refractivity contribution is 5.71. The lowest BCUT2D eigenvalue weighted by molar-refractivity contribution is -0.167. The fourth-order valence-electron chi connectivity index (χ4n) is 6.81. The normalized spacial score (nSPS) is 13.0. The van der Waals surface area contributed by atoms with Crippen LogP contribution in [-0.2, 0) is 28.6 Å². The second-order valence-electron chi connectivity index (χ2n) is 17.1. The Morgan fingerprint density at radius 1 is 0.323 bits per heavy atom. The maximum absolute atomic E-state index is 12.7. The van der Waals surface area contributed by atoms with E-state index >= 15 is 0 Å². The predicted molar refractivity (Wildman–Crippen MR) is 279 cm³/mol. The van der Waals surface area contributed by atoms with Crippen LogP contribution in [-0.4, -0.2) is 37.2 Å². The van der Waals surface area contributed by atoms with Gasteiger partial charge >= 0.3 is 17.9 Å². The van der Waals surface area contributed by atoms with Crippen LogP contribution in [0.5, 0.6) is 0 Å². The van der Waals surface area contributed by atoms with E-state index in [4.69, 9.17) is 14.2 Å². The molecule has 1 atom stereocenters. The summed E-state index contributed by atoms with van der Waals surface area (Å²) in [6.07, 6.45) is 70.9. The minimum atomic E-state index is -0.798. The molecule has 6 nitrogen and oxygen atoms in total. The van der Waals surface area contributed by atoms with Gasteiger partial charge in [0.2, 0.25) is 0 Å². The Kier molecular flexibility index (Phi) is 49.5. The zero-order valence-electron chi connectivity index (χ0n) is 42.0. The number of carbonyl (C=O) groups excluding carboxylic acids is 3. The Bertz CT molecular complexity index is 1360. The standard InChI is InChI=1S/C59H96O6/c1-4-7-10-13-16-19-22-23-24-25-26-27-28-29-30-31-32-33-34-35-36-37-38-41-43-46-49-52-58(61)64-55-56(65-59(62)53-50-47-44-40-21-18-15-12-9-6-3)54-63-57(60)51-48-45-42-39-20-17-14-11-8-5-2/h7,10,12,15-16,19,23-24,26-27,29-30,32-33,35-36,38,41,56H,4-6,8-9,11,13-14,17-18,20-22,25,28,31,34,37,39-40,42-55H2,1-3H3/b10-7-,15-12-,19-16-,24-23-,27-26-,30-29-,33-32-,36-35-,41-38-. The van der Waals surface area contributed by atoms with Crippen molar-refractivity contribution in [1.29, 1.82) is 0 Å². The van der Waals surface area contributed by atoms with Gasteiger partial charge in [-0.3, -0.25) is 14.4 Å². The monoisotopic (exact) mass is 901 g/mol. The van der Waals surface area contributed by atoms with Gasteiger partial charge in [0.25, 0.3) is 0 Å². The Morgan fingerprint density at radius 3 is 1.05 bits per heavy atom. The van der Waals surface area contributed by atoms with Crippen LogP contribution in [0.15, 0.2) is 109 Å². The Balaban J connectivity index is 4.33. The average Bonchev–Trinajstić information content (AvgIpc) is 3.30. The third-order valence-electron chi connectivity index (χ3n) is 10.7. The highest BCUT2D eigenvalue weighted by atomic mass is 16.6. The summed E-state index contributed by atoms with van der Waals surface area (Å²) < 4.78 is 16.7. The van der Waals surface area contributed by atoms with Gasteiger partial charge in [0.1, 0.15) is 13.2 Å². The van der Waals surface area contributed by atoms with Crippen molar-refractivity contribution in [2.75, 3.05) is 13.2 Å². The molecule has 65 heavy (non-hydrogen) atoms. The van der Waals surface area contributed by atoms with Crippen molar-refractivity contribution >= 4 is 17.9 Å². The Hall–Kier alpha value is -3.93. The first kappa shape index (κ1) is 61.1. The average molecular weight is 901 g/mol. The highest BCUT2D eigenvalue weighted by Gasteiger charge is 2.19. The summed E-state index contributed by atoms with van der Waals surface area (Å²) in [7, 11) is 0. The van der Waals surface area contributed by atoms with Crippen LogP contribution in [0.1, 0.15) is 226 Å². The van der Waals surface area contributed by atoms with E-state index in [1.807, 2.05) is 0 Å². The van der Waals surface area contributed by atoms with Gasteiger partial charge in [0.15, 0.2) is 6.10 Å². The minimum absolute atomic E-state index is 0.0954. The molecule has 0 aliphatic carbocycles. The van der Waals surface area contributed by atoms with Crippen LogP contribution in [0, 0.1) is 0 Å². The van der Waals surface area contributed by atoms with E-state index in [9.17, 15) is 14.4 Å². The third-order valence-corrected chi connectivity index (χ3v) is 10.7. The van der Waals surface area contributed by atoms with Gasteiger partial charge in [0, 0.05) is 19.3 Å². The van der Waals surface area contributed by atoms with Crippen molar-refractivity contribution in [3.8, 4) is 0 Å². The molecule has 0 saturated carbocycles. The number of esters is 3. The number of unbranched alkanes of at least 4 members (excludes halogenated alkanes) is 17. The molecule has 0 aliphatic rings. The first-order valence-corrected chi connectivity index (χ1v) is 26.4. The molecule has 0 aromatic carbocycles. The molecule has 1 unspecified atom stereocenters. The summed E-state index contributed by atoms with van der Waals surface area (Å²) in [6, 6.07) is 0. The molecule has 0 spiro atoms. The SMILES string of the molecule is CC/C=C\C/C=C\C/C=C\C/C=C\C/C=C\C/C=C\C/C=C\C/C=C\CCCCC(=O)OCC(COC(=O)CCCCCCCCCCCC)OC(=O)CCCCCCC/C=C\CCC. The van der Waals surface area contributed by atoms with Crippen molar-refractivity contribution in [3.05, 3.63) is 109 Å². The molecule has 0 saturated heterocycles. The van der Waals surface area contributed by atoms with E-state index in [1.165, 1.54) is 57.8 Å². The van der Waals surface area contributed by atoms with Crippen LogP contribution < -0.4 is 0 Å². The summed E-state index contributed by atoms with van der Waals surface area (Å²) >= 11 is 0. The summed E-state index contributed by atoms with van der Waals surface area (Å²) in [4.78, 5) is 37.8. The van der Waals surface area contributed by atoms with E-state index in [-0.39, 0.29) is 31.1 Å². The first-order valence-electron chi connectivity index (χ1n) is 26.4. The lowest BCUT2D eigenvalue weighted by Gasteiger charge is -2.18. The maximum Gasteiger partial charge on any atom is 0.306 e. The van der Waals surface area contributed by atoms with Gasteiger partial charge in [-0.05, 0) is 103 Å². The fourth-order valence-corrected chi connectivity index (χ4v) is 6.81. The molecule has 0 fully saturated rings. The second kappa shape index (κ2) is 52.7. The zero-order valence-corrected chi connectivity index (χ0v) is 42.0. The molecule has 0 heterocycles. The van der Waals surface area contributed by atoms with Gasteiger partial charge in [-0.2, -0.15) is 0 Å². The molecule has 0 amide bonds. The molecule has 6 heteroatoms. The minimum Gasteiger partial charge on any atom is -0.462 e. The van der Waals surface area contributed by atoms with Crippen molar-refractivity contribution in [2.24, 2.45) is 0 Å². The number of ether oxygens (including phenoxy) is 3. The van der Waals surface area contributed by atoms with E-state index < -0.39 is 6.10 Å². The molecular formula is C59H96O6. The predicted octanol–water partition coefficient (Wildman–Crippen LogP) is 17.5. The lowest BCUT2D eigenvalue weighted by atomic mass is 10.1. The molecule has 0 aromatic heterocycles. The number of carbonyl (C=O) groups is 3. The van der Waals surface area contributed by atoms with Crippen LogP contribution in [0.3, 0.4) is 0 Å². The van der Waals surface area contributed by atoms with E-state index in [1.54, 1.807) is 0 Å². The lowest BCUT2D eigenvalue weighted by Crippen LogP contribution is -2.30. The molecule has 368 valence electrons. The molecule has 0 bridgehead atoms. The first-order chi connectivity index (χ1) is 32.0. The molecule has 0 rings (SSSR count).